The third-order valence-electron chi connectivity index (χ3n) is 6.07. The second-order valence-corrected chi connectivity index (χ2v) is 8.36. The van der Waals surface area contributed by atoms with Crippen LogP contribution in [0.3, 0.4) is 0 Å². The molecule has 1 aromatic rings. The number of hydrogen-bond acceptors (Lipinski definition) is 5. The summed E-state index contributed by atoms with van der Waals surface area (Å²) in [4.78, 5) is 13.9. The van der Waals surface area contributed by atoms with Crippen LogP contribution in [0.4, 0.5) is 0 Å². The number of piperidine rings is 1. The van der Waals surface area contributed by atoms with Crippen LogP contribution in [0, 0.1) is 11.8 Å². The van der Waals surface area contributed by atoms with Crippen molar-refractivity contribution in [3.05, 3.63) is 48.1 Å². The predicted molar refractivity (Wildman–Crippen MR) is 142 cm³/mol. The van der Waals surface area contributed by atoms with E-state index < -0.39 is 0 Å². The molecule has 1 aliphatic rings. The summed E-state index contributed by atoms with van der Waals surface area (Å²) in [7, 11) is 4.80. The van der Waals surface area contributed by atoms with Gasteiger partial charge in [-0.3, -0.25) is 9.69 Å². The summed E-state index contributed by atoms with van der Waals surface area (Å²) in [5.41, 5.74) is 8.42. The molecule has 0 spiro atoms. The highest BCUT2D eigenvalue weighted by Crippen LogP contribution is 2.40. The number of amides is 1. The van der Waals surface area contributed by atoms with Gasteiger partial charge in [-0.05, 0) is 60.7 Å². The van der Waals surface area contributed by atoms with Crippen molar-refractivity contribution in [3.8, 4) is 17.2 Å². The summed E-state index contributed by atoms with van der Waals surface area (Å²) >= 11 is 0. The number of carbonyl (C=O) groups is 1. The van der Waals surface area contributed by atoms with Gasteiger partial charge < -0.3 is 19.9 Å². The van der Waals surface area contributed by atoms with Crippen LogP contribution in [0.1, 0.15) is 52.5 Å². The minimum Gasteiger partial charge on any atom is -0.493 e. The second-order valence-electron chi connectivity index (χ2n) is 8.36. The first-order valence-electron chi connectivity index (χ1n) is 12.2. The van der Waals surface area contributed by atoms with Crippen molar-refractivity contribution in [1.29, 1.82) is 0 Å². The molecule has 1 unspecified atom stereocenters. The Kier molecular flexibility index (Phi) is 13.1. The molecule has 2 N–H and O–H groups in total. The van der Waals surface area contributed by atoms with E-state index >= 15 is 0 Å². The standard InChI is InChI=1S/C26H38N2O4.C2H6/c1-7-18(2)8-9-20(17-28-12-10-21(11-13-28)26(27)29)14-19(3)22-15-23(30-4)25(32-6)24(16-22)31-5;1-2/h8-9,14-16,18,21H,3,7,10-13,17H2,1-2,4-6H3,(H2,27,29);1-2H3/b9-8-,20-14+;. The van der Waals surface area contributed by atoms with Gasteiger partial charge in [0, 0.05) is 12.5 Å². The molecule has 0 aromatic heterocycles. The molecule has 0 aliphatic carbocycles. The number of allylic oxidation sites excluding steroid dienone is 3. The van der Waals surface area contributed by atoms with E-state index in [4.69, 9.17) is 19.9 Å². The van der Waals surface area contributed by atoms with Crippen molar-refractivity contribution in [2.24, 2.45) is 17.6 Å². The topological polar surface area (TPSA) is 74.0 Å². The van der Waals surface area contributed by atoms with Crippen molar-refractivity contribution >= 4 is 11.5 Å². The second kappa shape index (κ2) is 15.2. The molecule has 1 heterocycles. The van der Waals surface area contributed by atoms with Gasteiger partial charge in [-0.15, -0.1) is 0 Å². The predicted octanol–water partition coefficient (Wildman–Crippen LogP) is 5.48. The fourth-order valence-electron chi connectivity index (χ4n) is 3.78. The minimum atomic E-state index is -0.187. The molecule has 1 saturated heterocycles. The molecule has 1 aromatic carbocycles. The van der Waals surface area contributed by atoms with Gasteiger partial charge in [-0.2, -0.15) is 0 Å². The van der Waals surface area contributed by atoms with Crippen LogP contribution >= 0.6 is 0 Å². The maximum absolute atomic E-state index is 11.5. The Morgan fingerprint density at radius 2 is 1.71 bits per heavy atom. The monoisotopic (exact) mass is 472 g/mol. The van der Waals surface area contributed by atoms with Crippen molar-refractivity contribution in [1.82, 2.24) is 4.90 Å². The first kappa shape index (κ1) is 29.3. The summed E-state index contributed by atoms with van der Waals surface area (Å²) in [6.45, 7) is 15.2. The van der Waals surface area contributed by atoms with E-state index in [9.17, 15) is 4.79 Å². The average Bonchev–Trinajstić information content (AvgIpc) is 2.87. The number of likely N-dealkylation sites (tertiary alicyclic amines) is 1. The molecule has 190 valence electrons. The molecule has 6 nitrogen and oxygen atoms in total. The first-order chi connectivity index (χ1) is 16.3. The molecule has 6 heteroatoms. The highest BCUT2D eigenvalue weighted by molar-refractivity contribution is 5.77. The fourth-order valence-corrected chi connectivity index (χ4v) is 3.78. The Bertz CT molecular complexity index is 827. The lowest BCUT2D eigenvalue weighted by molar-refractivity contribution is -0.123. The number of nitrogens with zero attached hydrogens (tertiary/aromatic N) is 1. The largest absolute Gasteiger partial charge is 0.493 e. The zero-order valence-electron chi connectivity index (χ0n) is 22.1. The normalized spacial score (nSPS) is 15.9. The molecule has 1 atom stereocenters. The van der Waals surface area contributed by atoms with Crippen LogP contribution in [0.15, 0.2) is 42.5 Å². The molecule has 0 radical (unpaired) electrons. The maximum Gasteiger partial charge on any atom is 0.220 e. The third kappa shape index (κ3) is 8.56. The van der Waals surface area contributed by atoms with Gasteiger partial charge in [-0.25, -0.2) is 0 Å². The van der Waals surface area contributed by atoms with E-state index in [-0.39, 0.29) is 11.8 Å². The van der Waals surface area contributed by atoms with E-state index in [1.165, 1.54) is 5.57 Å². The zero-order chi connectivity index (χ0) is 25.7. The zero-order valence-corrected chi connectivity index (χ0v) is 22.1. The molecule has 2 rings (SSSR count). The van der Waals surface area contributed by atoms with Crippen LogP contribution in [0.5, 0.6) is 17.2 Å². The number of hydrogen-bond donors (Lipinski definition) is 1. The Morgan fingerprint density at radius 3 is 2.15 bits per heavy atom. The smallest absolute Gasteiger partial charge is 0.220 e. The van der Waals surface area contributed by atoms with Gasteiger partial charge >= 0.3 is 0 Å². The Morgan fingerprint density at radius 1 is 1.15 bits per heavy atom. The molecule has 0 saturated carbocycles. The number of ether oxygens (including phenoxy) is 3. The summed E-state index contributed by atoms with van der Waals surface area (Å²) in [5.74, 6) is 2.05. The SMILES string of the molecule is C=C(/C=C(\C=C/C(C)CC)CN1CCC(C(N)=O)CC1)c1cc(OC)c(OC)c(OC)c1.CC. The quantitative estimate of drug-likeness (QED) is 0.432. The van der Waals surface area contributed by atoms with Crippen LogP contribution < -0.4 is 19.9 Å². The third-order valence-corrected chi connectivity index (χ3v) is 6.07. The van der Waals surface area contributed by atoms with Gasteiger partial charge in [0.25, 0.3) is 0 Å². The van der Waals surface area contributed by atoms with E-state index in [0.717, 1.165) is 50.0 Å². The van der Waals surface area contributed by atoms with Crippen molar-refractivity contribution < 1.29 is 19.0 Å². The number of rotatable bonds is 11. The van der Waals surface area contributed by atoms with Gasteiger partial charge in [0.2, 0.25) is 11.7 Å². The highest BCUT2D eigenvalue weighted by atomic mass is 16.5. The summed E-state index contributed by atoms with van der Waals surface area (Å²) < 4.78 is 16.4. The van der Waals surface area contributed by atoms with Gasteiger partial charge in [0.1, 0.15) is 0 Å². The van der Waals surface area contributed by atoms with Crippen LogP contribution in [0.25, 0.3) is 5.57 Å². The van der Waals surface area contributed by atoms with Gasteiger partial charge in [0.05, 0.1) is 21.3 Å². The lowest BCUT2D eigenvalue weighted by Crippen LogP contribution is -2.39. The van der Waals surface area contributed by atoms with E-state index in [2.05, 4.69) is 43.6 Å². The molecule has 1 fully saturated rings. The molecule has 0 bridgehead atoms. The molecule has 34 heavy (non-hydrogen) atoms. The minimum absolute atomic E-state index is 0.0106. The van der Waals surface area contributed by atoms with Crippen LogP contribution in [-0.2, 0) is 4.79 Å². The average molecular weight is 473 g/mol. The van der Waals surface area contributed by atoms with E-state index in [1.54, 1.807) is 21.3 Å². The molecular formula is C28H44N2O4. The van der Waals surface area contributed by atoms with E-state index in [0.29, 0.717) is 23.2 Å². The van der Waals surface area contributed by atoms with Crippen LogP contribution in [-0.4, -0.2) is 51.8 Å². The Hall–Kier alpha value is -2.73. The Balaban J connectivity index is 0.00000281. The summed E-state index contributed by atoms with van der Waals surface area (Å²) in [6.07, 6.45) is 9.25. The maximum atomic E-state index is 11.5. The number of benzene rings is 1. The van der Waals surface area contributed by atoms with Crippen LogP contribution in [0.2, 0.25) is 0 Å². The number of carbonyl (C=O) groups excluding carboxylic acids is 1. The number of primary amides is 1. The molecular weight excluding hydrogens is 428 g/mol. The van der Waals surface area contributed by atoms with Gasteiger partial charge in [-0.1, -0.05) is 58.9 Å². The summed E-state index contributed by atoms with van der Waals surface area (Å²) in [6, 6.07) is 3.82. The molecule has 1 aliphatic heterocycles. The fraction of sp³-hybridized carbons (Fsp3) is 0.536. The lowest BCUT2D eigenvalue weighted by atomic mass is 9.95. The number of nitrogens with two attached hydrogens (primary N) is 1. The Labute approximate surface area is 206 Å². The molecule has 1 amide bonds. The lowest BCUT2D eigenvalue weighted by Gasteiger charge is -2.30. The summed E-state index contributed by atoms with van der Waals surface area (Å²) in [5, 5.41) is 0. The van der Waals surface area contributed by atoms with Crippen molar-refractivity contribution in [2.75, 3.05) is 41.0 Å². The van der Waals surface area contributed by atoms with E-state index in [1.807, 2.05) is 26.0 Å². The van der Waals surface area contributed by atoms with Crippen molar-refractivity contribution in [3.63, 3.8) is 0 Å². The highest BCUT2D eigenvalue weighted by Gasteiger charge is 2.23. The van der Waals surface area contributed by atoms with Crippen molar-refractivity contribution in [2.45, 2.75) is 47.0 Å². The van der Waals surface area contributed by atoms with Gasteiger partial charge in [0.15, 0.2) is 11.5 Å². The first-order valence-corrected chi connectivity index (χ1v) is 12.2. The number of methoxy groups -OCH3 is 3.